The van der Waals surface area contributed by atoms with Crippen molar-refractivity contribution in [3.8, 4) is 5.75 Å². The van der Waals surface area contributed by atoms with E-state index in [1.807, 2.05) is 37.3 Å². The van der Waals surface area contributed by atoms with Gasteiger partial charge in [0.05, 0.1) is 23.2 Å². The largest absolute Gasteiger partial charge is 0.497 e. The van der Waals surface area contributed by atoms with Crippen LogP contribution in [0.1, 0.15) is 22.7 Å². The Morgan fingerprint density at radius 1 is 1.15 bits per heavy atom. The number of rotatable bonds is 4. The number of hydrazine groups is 1. The third-order valence-corrected chi connectivity index (χ3v) is 4.08. The first-order chi connectivity index (χ1) is 9.58. The number of benzene rings is 2. The predicted octanol–water partition coefficient (Wildman–Crippen LogP) is 3.86. The summed E-state index contributed by atoms with van der Waals surface area (Å²) < 4.78 is 5.21. The summed E-state index contributed by atoms with van der Waals surface area (Å²) in [5.41, 5.74) is 5.72. The number of halogens is 2. The van der Waals surface area contributed by atoms with E-state index in [-0.39, 0.29) is 6.04 Å². The Morgan fingerprint density at radius 3 is 2.50 bits per heavy atom. The summed E-state index contributed by atoms with van der Waals surface area (Å²) in [4.78, 5) is 0. The van der Waals surface area contributed by atoms with Crippen molar-refractivity contribution in [3.63, 3.8) is 0 Å². The molecular formula is C15H16Cl2N2O. The quantitative estimate of drug-likeness (QED) is 0.666. The van der Waals surface area contributed by atoms with Gasteiger partial charge >= 0.3 is 0 Å². The molecule has 0 radical (unpaired) electrons. The van der Waals surface area contributed by atoms with Gasteiger partial charge in [0.25, 0.3) is 0 Å². The molecule has 0 amide bonds. The Balaban J connectivity index is 2.50. The molecule has 1 atom stereocenters. The molecule has 3 N–H and O–H groups in total. The number of aryl methyl sites for hydroxylation is 1. The monoisotopic (exact) mass is 310 g/mol. The van der Waals surface area contributed by atoms with E-state index < -0.39 is 0 Å². The second-order valence-electron chi connectivity index (χ2n) is 4.47. The molecule has 0 aromatic heterocycles. The lowest BCUT2D eigenvalue weighted by atomic mass is 9.95. The molecule has 0 spiro atoms. The summed E-state index contributed by atoms with van der Waals surface area (Å²) in [6.07, 6.45) is 0. The van der Waals surface area contributed by atoms with Crippen LogP contribution in [0, 0.1) is 6.92 Å². The second-order valence-corrected chi connectivity index (χ2v) is 5.25. The molecule has 3 nitrogen and oxygen atoms in total. The molecule has 0 bridgehead atoms. The lowest BCUT2D eigenvalue weighted by Crippen LogP contribution is -2.29. The number of methoxy groups -OCH3 is 1. The molecule has 0 aliphatic heterocycles. The Bertz CT molecular complexity index is 617. The highest BCUT2D eigenvalue weighted by atomic mass is 35.5. The van der Waals surface area contributed by atoms with Gasteiger partial charge in [-0.05, 0) is 41.8 Å². The van der Waals surface area contributed by atoms with Gasteiger partial charge < -0.3 is 4.74 Å². The van der Waals surface area contributed by atoms with Crippen LogP contribution in [0.3, 0.4) is 0 Å². The van der Waals surface area contributed by atoms with Gasteiger partial charge in [0, 0.05) is 0 Å². The third-order valence-electron chi connectivity index (χ3n) is 3.25. The summed E-state index contributed by atoms with van der Waals surface area (Å²) >= 11 is 12.3. The van der Waals surface area contributed by atoms with E-state index in [4.69, 9.17) is 33.8 Å². The van der Waals surface area contributed by atoms with Crippen molar-refractivity contribution in [2.75, 3.05) is 7.11 Å². The Labute approximate surface area is 128 Å². The number of nitrogens with two attached hydrogens (primary N) is 1. The van der Waals surface area contributed by atoms with E-state index in [1.54, 1.807) is 13.2 Å². The Kier molecular flexibility index (Phi) is 4.89. The average Bonchev–Trinajstić information content (AvgIpc) is 2.45. The van der Waals surface area contributed by atoms with Crippen LogP contribution in [0.2, 0.25) is 10.0 Å². The van der Waals surface area contributed by atoms with Gasteiger partial charge in [-0.3, -0.25) is 5.84 Å². The van der Waals surface area contributed by atoms with Crippen LogP contribution in [-0.4, -0.2) is 7.11 Å². The minimum Gasteiger partial charge on any atom is -0.497 e. The molecule has 0 aliphatic rings. The Morgan fingerprint density at radius 2 is 1.90 bits per heavy atom. The summed E-state index contributed by atoms with van der Waals surface area (Å²) in [7, 11) is 1.64. The normalized spacial score (nSPS) is 12.2. The molecule has 2 aromatic rings. The molecule has 0 saturated carbocycles. The average molecular weight is 311 g/mol. The van der Waals surface area contributed by atoms with Crippen LogP contribution >= 0.6 is 23.2 Å². The predicted molar refractivity (Wildman–Crippen MR) is 83.4 cm³/mol. The van der Waals surface area contributed by atoms with Gasteiger partial charge in [-0.1, -0.05) is 41.4 Å². The van der Waals surface area contributed by atoms with Crippen LogP contribution < -0.4 is 16.0 Å². The first-order valence-corrected chi connectivity index (χ1v) is 6.88. The van der Waals surface area contributed by atoms with Gasteiger partial charge in [0.2, 0.25) is 0 Å². The van der Waals surface area contributed by atoms with E-state index in [1.165, 1.54) is 0 Å². The third kappa shape index (κ3) is 2.91. The molecule has 2 rings (SSSR count). The maximum absolute atomic E-state index is 6.28. The molecule has 0 fully saturated rings. The molecule has 0 heterocycles. The highest BCUT2D eigenvalue weighted by Gasteiger charge is 2.19. The molecule has 0 saturated heterocycles. The number of hydrogen-bond donors (Lipinski definition) is 2. The molecular weight excluding hydrogens is 295 g/mol. The van der Waals surface area contributed by atoms with E-state index in [9.17, 15) is 0 Å². The first kappa shape index (κ1) is 15.1. The maximum atomic E-state index is 6.28. The smallest absolute Gasteiger partial charge is 0.119 e. The topological polar surface area (TPSA) is 47.3 Å². The van der Waals surface area contributed by atoms with Crippen LogP contribution in [0.25, 0.3) is 0 Å². The first-order valence-electron chi connectivity index (χ1n) is 6.13. The minimum absolute atomic E-state index is 0.230. The van der Waals surface area contributed by atoms with Crippen molar-refractivity contribution in [1.82, 2.24) is 5.43 Å². The summed E-state index contributed by atoms with van der Waals surface area (Å²) in [6, 6.07) is 11.1. The van der Waals surface area contributed by atoms with Crippen molar-refractivity contribution in [1.29, 1.82) is 0 Å². The van der Waals surface area contributed by atoms with E-state index in [0.717, 1.165) is 22.4 Å². The van der Waals surface area contributed by atoms with Crippen LogP contribution in [0.5, 0.6) is 5.75 Å². The van der Waals surface area contributed by atoms with Gasteiger partial charge in [-0.25, -0.2) is 5.43 Å². The van der Waals surface area contributed by atoms with Crippen molar-refractivity contribution in [2.45, 2.75) is 13.0 Å². The van der Waals surface area contributed by atoms with Crippen LogP contribution in [0.4, 0.5) is 0 Å². The van der Waals surface area contributed by atoms with Crippen LogP contribution in [-0.2, 0) is 0 Å². The van der Waals surface area contributed by atoms with Gasteiger partial charge in [-0.15, -0.1) is 0 Å². The van der Waals surface area contributed by atoms with E-state index in [0.29, 0.717) is 10.0 Å². The SMILES string of the molecule is COc1ccc(C(NN)c2cccc(Cl)c2Cl)c(C)c1. The number of hydrogen-bond acceptors (Lipinski definition) is 3. The second kappa shape index (κ2) is 6.46. The zero-order valence-corrected chi connectivity index (χ0v) is 12.8. The standard InChI is InChI=1S/C15H16Cl2N2O/c1-9-8-10(20-2)6-7-11(9)15(19-18)12-4-3-5-13(16)14(12)17/h3-8,15,19H,18H2,1-2H3. The molecule has 2 aromatic carbocycles. The highest BCUT2D eigenvalue weighted by Crippen LogP contribution is 2.34. The molecule has 5 heteroatoms. The fourth-order valence-electron chi connectivity index (χ4n) is 2.19. The highest BCUT2D eigenvalue weighted by molar-refractivity contribution is 6.42. The summed E-state index contributed by atoms with van der Waals surface area (Å²) in [5.74, 6) is 6.52. The summed E-state index contributed by atoms with van der Waals surface area (Å²) in [6.45, 7) is 2.00. The lowest BCUT2D eigenvalue weighted by Gasteiger charge is -2.21. The van der Waals surface area contributed by atoms with Gasteiger partial charge in [-0.2, -0.15) is 0 Å². The zero-order valence-electron chi connectivity index (χ0n) is 11.3. The summed E-state index contributed by atoms with van der Waals surface area (Å²) in [5, 5.41) is 1.02. The van der Waals surface area contributed by atoms with Crippen molar-refractivity contribution >= 4 is 23.2 Å². The molecule has 106 valence electrons. The number of nitrogens with one attached hydrogen (secondary N) is 1. The van der Waals surface area contributed by atoms with Gasteiger partial charge in [0.15, 0.2) is 0 Å². The maximum Gasteiger partial charge on any atom is 0.119 e. The Hall–Kier alpha value is -1.26. The fourth-order valence-corrected chi connectivity index (χ4v) is 2.61. The fraction of sp³-hybridized carbons (Fsp3) is 0.200. The number of ether oxygens (including phenoxy) is 1. The lowest BCUT2D eigenvalue weighted by molar-refractivity contribution is 0.414. The molecule has 0 aliphatic carbocycles. The van der Waals surface area contributed by atoms with Crippen molar-refractivity contribution in [3.05, 3.63) is 63.1 Å². The van der Waals surface area contributed by atoms with E-state index >= 15 is 0 Å². The van der Waals surface area contributed by atoms with Gasteiger partial charge in [0.1, 0.15) is 5.75 Å². The van der Waals surface area contributed by atoms with E-state index in [2.05, 4.69) is 5.43 Å². The van der Waals surface area contributed by atoms with Crippen molar-refractivity contribution in [2.24, 2.45) is 5.84 Å². The molecule has 20 heavy (non-hydrogen) atoms. The molecule has 1 unspecified atom stereocenters. The minimum atomic E-state index is -0.230. The van der Waals surface area contributed by atoms with Crippen molar-refractivity contribution < 1.29 is 4.74 Å². The van der Waals surface area contributed by atoms with Crippen LogP contribution in [0.15, 0.2) is 36.4 Å². The zero-order chi connectivity index (χ0) is 14.7.